The first-order valence-electron chi connectivity index (χ1n) is 11.3. The average Bonchev–Trinajstić information content (AvgIpc) is 2.86. The minimum Gasteiger partial charge on any atom is -0.494 e. The number of ether oxygens (including phenoxy) is 1. The highest BCUT2D eigenvalue weighted by molar-refractivity contribution is 6.34. The number of rotatable bonds is 7. The average molecular weight is 564 g/mol. The summed E-state index contributed by atoms with van der Waals surface area (Å²) >= 11 is 12.2. The van der Waals surface area contributed by atoms with Gasteiger partial charge in [-0.1, -0.05) is 41.4 Å². The fourth-order valence-electron chi connectivity index (χ4n) is 4.25. The van der Waals surface area contributed by atoms with Gasteiger partial charge in [0.05, 0.1) is 25.8 Å². The molecular formula is C27H22Cl2F3N3O3. The standard InChI is InChI=1S/C27H22Cl2F3N3O3/c1-14-24(18-5-3-8-23(38-2)25(18)32)26(36)35(13-22(33)15-9-16(28)11-17(29)10-15)27(37)34(14)12-19-20(30)6-4-7-21(19)31/h3-11,22H,12-13,33H2,1-2H3. The molecule has 0 aliphatic heterocycles. The number of nitrogens with zero attached hydrogens (tertiary/aromatic N) is 2. The molecule has 0 amide bonds. The number of benzene rings is 3. The lowest BCUT2D eigenvalue weighted by Crippen LogP contribution is -2.44. The largest absolute Gasteiger partial charge is 0.494 e. The fourth-order valence-corrected chi connectivity index (χ4v) is 4.80. The Bertz CT molecular complexity index is 1610. The van der Waals surface area contributed by atoms with E-state index >= 15 is 4.39 Å². The third-order valence-electron chi connectivity index (χ3n) is 6.21. The van der Waals surface area contributed by atoms with Crippen molar-refractivity contribution >= 4 is 23.2 Å². The normalized spacial score (nSPS) is 12.0. The van der Waals surface area contributed by atoms with Crippen molar-refractivity contribution in [2.45, 2.75) is 26.1 Å². The Labute approximate surface area is 225 Å². The number of hydrogen-bond donors (Lipinski definition) is 1. The molecule has 4 rings (SSSR count). The van der Waals surface area contributed by atoms with E-state index in [0.717, 1.165) is 21.3 Å². The van der Waals surface area contributed by atoms with Gasteiger partial charge in [0.1, 0.15) is 11.6 Å². The van der Waals surface area contributed by atoms with Crippen LogP contribution in [0.15, 0.2) is 64.2 Å². The van der Waals surface area contributed by atoms with Crippen molar-refractivity contribution in [2.24, 2.45) is 5.73 Å². The molecule has 0 saturated carbocycles. The Hall–Kier alpha value is -3.53. The van der Waals surface area contributed by atoms with Gasteiger partial charge >= 0.3 is 5.69 Å². The lowest BCUT2D eigenvalue weighted by atomic mass is 10.0. The van der Waals surface area contributed by atoms with Gasteiger partial charge < -0.3 is 10.5 Å². The molecule has 11 heteroatoms. The molecule has 0 saturated heterocycles. The monoisotopic (exact) mass is 563 g/mol. The molecule has 0 fully saturated rings. The third kappa shape index (κ3) is 5.22. The number of halogens is 5. The predicted molar refractivity (Wildman–Crippen MR) is 140 cm³/mol. The third-order valence-corrected chi connectivity index (χ3v) is 6.65. The first-order chi connectivity index (χ1) is 18.0. The van der Waals surface area contributed by atoms with Crippen molar-refractivity contribution < 1.29 is 17.9 Å². The van der Waals surface area contributed by atoms with Gasteiger partial charge in [-0.25, -0.2) is 18.0 Å². The summed E-state index contributed by atoms with van der Waals surface area (Å²) in [5.74, 6) is -2.73. The van der Waals surface area contributed by atoms with Crippen molar-refractivity contribution in [3.8, 4) is 16.9 Å². The van der Waals surface area contributed by atoms with Gasteiger partial charge in [0.2, 0.25) is 0 Å². The maximum Gasteiger partial charge on any atom is 0.331 e. The van der Waals surface area contributed by atoms with Crippen LogP contribution in [0.25, 0.3) is 11.1 Å². The highest BCUT2D eigenvalue weighted by atomic mass is 35.5. The minimum atomic E-state index is -0.930. The quantitative estimate of drug-likeness (QED) is 0.323. The van der Waals surface area contributed by atoms with Crippen molar-refractivity contribution in [1.29, 1.82) is 0 Å². The van der Waals surface area contributed by atoms with Crippen LogP contribution in [0.2, 0.25) is 10.0 Å². The van der Waals surface area contributed by atoms with Gasteiger partial charge in [0.15, 0.2) is 11.6 Å². The zero-order valence-electron chi connectivity index (χ0n) is 20.3. The highest BCUT2D eigenvalue weighted by Gasteiger charge is 2.24. The lowest BCUT2D eigenvalue weighted by molar-refractivity contribution is 0.387. The maximum atomic E-state index is 15.3. The number of aromatic nitrogens is 2. The van der Waals surface area contributed by atoms with E-state index < -0.39 is 46.9 Å². The molecule has 0 aliphatic carbocycles. The van der Waals surface area contributed by atoms with E-state index in [1.807, 2.05) is 0 Å². The van der Waals surface area contributed by atoms with Crippen LogP contribution in [0, 0.1) is 24.4 Å². The highest BCUT2D eigenvalue weighted by Crippen LogP contribution is 2.29. The van der Waals surface area contributed by atoms with E-state index in [0.29, 0.717) is 15.6 Å². The second kappa shape index (κ2) is 11.1. The molecule has 0 radical (unpaired) electrons. The van der Waals surface area contributed by atoms with E-state index in [1.165, 1.54) is 56.5 Å². The van der Waals surface area contributed by atoms with Gasteiger partial charge in [0, 0.05) is 32.9 Å². The summed E-state index contributed by atoms with van der Waals surface area (Å²) in [6.07, 6.45) is 0. The van der Waals surface area contributed by atoms with Gasteiger partial charge in [-0.15, -0.1) is 0 Å². The Morgan fingerprint density at radius 1 is 0.947 bits per heavy atom. The molecule has 2 N–H and O–H groups in total. The van der Waals surface area contributed by atoms with Crippen molar-refractivity contribution in [3.05, 3.63) is 120 Å². The molecular weight excluding hydrogens is 542 g/mol. The molecule has 6 nitrogen and oxygen atoms in total. The summed E-state index contributed by atoms with van der Waals surface area (Å²) in [6.45, 7) is 0.490. The van der Waals surface area contributed by atoms with Crippen LogP contribution >= 0.6 is 23.2 Å². The molecule has 1 heterocycles. The summed E-state index contributed by atoms with van der Waals surface area (Å²) in [6, 6.07) is 11.1. The fraction of sp³-hybridized carbons (Fsp3) is 0.185. The van der Waals surface area contributed by atoms with Crippen LogP contribution in [-0.4, -0.2) is 16.2 Å². The molecule has 0 bridgehead atoms. The number of methoxy groups -OCH3 is 1. The molecule has 0 aliphatic rings. The van der Waals surface area contributed by atoms with Crippen LogP contribution in [0.5, 0.6) is 5.75 Å². The zero-order chi connectivity index (χ0) is 27.7. The molecule has 198 valence electrons. The van der Waals surface area contributed by atoms with Gasteiger partial charge in [0.25, 0.3) is 5.56 Å². The van der Waals surface area contributed by atoms with Crippen LogP contribution in [0.1, 0.15) is 22.9 Å². The topological polar surface area (TPSA) is 79.2 Å². The van der Waals surface area contributed by atoms with Crippen molar-refractivity contribution in [3.63, 3.8) is 0 Å². The van der Waals surface area contributed by atoms with Gasteiger partial charge in [-0.3, -0.25) is 13.9 Å². The second-order valence-corrected chi connectivity index (χ2v) is 9.45. The molecule has 0 spiro atoms. The smallest absolute Gasteiger partial charge is 0.331 e. The molecule has 4 aromatic rings. The Balaban J connectivity index is 1.97. The zero-order valence-corrected chi connectivity index (χ0v) is 21.8. The van der Waals surface area contributed by atoms with Crippen LogP contribution in [0.4, 0.5) is 13.2 Å². The Kier molecular flexibility index (Phi) is 8.01. The van der Waals surface area contributed by atoms with Crippen LogP contribution in [0.3, 0.4) is 0 Å². The molecule has 1 unspecified atom stereocenters. The molecule has 3 aromatic carbocycles. The first-order valence-corrected chi connectivity index (χ1v) is 12.1. The summed E-state index contributed by atoms with van der Waals surface area (Å²) in [4.78, 5) is 27.3. The second-order valence-electron chi connectivity index (χ2n) is 8.58. The van der Waals surface area contributed by atoms with E-state index in [1.54, 1.807) is 0 Å². The van der Waals surface area contributed by atoms with E-state index in [4.69, 9.17) is 33.7 Å². The van der Waals surface area contributed by atoms with E-state index in [-0.39, 0.29) is 29.1 Å². The first kappa shape index (κ1) is 27.5. The summed E-state index contributed by atoms with van der Waals surface area (Å²) < 4.78 is 51.2. The Morgan fingerprint density at radius 2 is 1.55 bits per heavy atom. The SMILES string of the molecule is COc1cccc(-c2c(C)n(Cc3c(F)cccc3F)c(=O)n(CC(N)c3cc(Cl)cc(Cl)c3)c2=O)c1F. The van der Waals surface area contributed by atoms with Crippen LogP contribution in [-0.2, 0) is 13.1 Å². The van der Waals surface area contributed by atoms with Crippen molar-refractivity contribution in [1.82, 2.24) is 9.13 Å². The van der Waals surface area contributed by atoms with Crippen molar-refractivity contribution in [2.75, 3.05) is 7.11 Å². The van der Waals surface area contributed by atoms with Crippen LogP contribution < -0.4 is 21.7 Å². The number of nitrogens with two attached hydrogens (primary N) is 1. The summed E-state index contributed by atoms with van der Waals surface area (Å²) in [5.41, 5.74) is 4.31. The molecule has 38 heavy (non-hydrogen) atoms. The van der Waals surface area contributed by atoms with Gasteiger partial charge in [-0.05, 0) is 48.9 Å². The maximum absolute atomic E-state index is 15.3. The minimum absolute atomic E-state index is 0.00503. The summed E-state index contributed by atoms with van der Waals surface area (Å²) in [5, 5.41) is 0.594. The lowest BCUT2D eigenvalue weighted by Gasteiger charge is -2.21. The predicted octanol–water partition coefficient (Wildman–Crippen LogP) is 5.47. The van der Waals surface area contributed by atoms with E-state index in [9.17, 15) is 18.4 Å². The van der Waals surface area contributed by atoms with E-state index in [2.05, 4.69) is 0 Å². The summed E-state index contributed by atoms with van der Waals surface area (Å²) in [7, 11) is 1.27. The van der Waals surface area contributed by atoms with Gasteiger partial charge in [-0.2, -0.15) is 0 Å². The number of hydrogen-bond acceptors (Lipinski definition) is 4. The Morgan fingerprint density at radius 3 is 2.16 bits per heavy atom. The molecule has 1 atom stereocenters. The molecule has 1 aromatic heterocycles.